The smallest absolute Gasteiger partial charge is 0.317 e. The molecule has 0 aliphatic carbocycles. The fourth-order valence-corrected chi connectivity index (χ4v) is 1.73. The summed E-state index contributed by atoms with van der Waals surface area (Å²) in [6.07, 6.45) is 1.15. The van der Waals surface area contributed by atoms with Crippen molar-refractivity contribution in [2.75, 3.05) is 33.7 Å². The maximum atomic E-state index is 12.8. The monoisotopic (exact) mass is 269 g/mol. The lowest BCUT2D eigenvalue weighted by Gasteiger charge is -2.28. The second kappa shape index (κ2) is 7.16. The highest BCUT2D eigenvalue weighted by atomic mass is 19.1. The van der Waals surface area contributed by atoms with E-state index in [1.807, 2.05) is 30.8 Å². The van der Waals surface area contributed by atoms with Gasteiger partial charge in [0, 0.05) is 19.1 Å². The average Bonchev–Trinajstić information content (AvgIpc) is 2.34. The van der Waals surface area contributed by atoms with Gasteiger partial charge in [-0.05, 0) is 33.2 Å². The number of carbonyl (C=O) groups is 1. The van der Waals surface area contributed by atoms with Crippen LogP contribution in [0, 0.1) is 5.82 Å². The van der Waals surface area contributed by atoms with Crippen molar-refractivity contribution in [1.29, 1.82) is 0 Å². The third kappa shape index (κ3) is 5.32. The van der Waals surface area contributed by atoms with E-state index in [1.165, 1.54) is 6.07 Å². The van der Waals surface area contributed by atoms with Gasteiger partial charge in [0.05, 0.1) is 18.4 Å². The molecule has 1 atom stereocenters. The summed E-state index contributed by atoms with van der Waals surface area (Å²) in [5.74, 6) is -1.28. The number of aromatic nitrogens is 1. The number of likely N-dealkylation sites (N-methyl/N-ethyl adjacent to an activating group) is 1. The highest BCUT2D eigenvalue weighted by Crippen LogP contribution is 2.17. The maximum Gasteiger partial charge on any atom is 0.317 e. The van der Waals surface area contributed by atoms with Gasteiger partial charge in [-0.1, -0.05) is 0 Å². The van der Waals surface area contributed by atoms with Gasteiger partial charge < -0.3 is 10.0 Å². The van der Waals surface area contributed by atoms with E-state index in [0.717, 1.165) is 12.7 Å². The first kappa shape index (κ1) is 15.5. The fraction of sp³-hybridized carbons (Fsp3) is 0.538. The van der Waals surface area contributed by atoms with E-state index in [9.17, 15) is 9.18 Å². The van der Waals surface area contributed by atoms with Crippen LogP contribution >= 0.6 is 0 Å². The van der Waals surface area contributed by atoms with E-state index in [1.54, 1.807) is 6.07 Å². The first-order valence-electron chi connectivity index (χ1n) is 6.12. The van der Waals surface area contributed by atoms with Gasteiger partial charge in [-0.25, -0.2) is 4.39 Å². The first-order chi connectivity index (χ1) is 8.90. The van der Waals surface area contributed by atoms with Crippen LogP contribution in [-0.2, 0) is 4.79 Å². The van der Waals surface area contributed by atoms with Gasteiger partial charge in [0.1, 0.15) is 5.82 Å². The summed E-state index contributed by atoms with van der Waals surface area (Å²) >= 11 is 0. The summed E-state index contributed by atoms with van der Waals surface area (Å²) in [5.41, 5.74) is 0.668. The molecular weight excluding hydrogens is 249 g/mol. The molecule has 1 unspecified atom stereocenters. The molecule has 0 amide bonds. The molecule has 0 saturated carbocycles. The van der Waals surface area contributed by atoms with Crippen molar-refractivity contribution < 1.29 is 14.3 Å². The molecule has 0 radical (unpaired) electrons. The summed E-state index contributed by atoms with van der Waals surface area (Å²) in [7, 11) is 3.86. The van der Waals surface area contributed by atoms with Crippen LogP contribution in [0.3, 0.4) is 0 Å². The molecule has 1 heterocycles. The Morgan fingerprint density at radius 1 is 1.42 bits per heavy atom. The molecule has 0 aromatic carbocycles. The van der Waals surface area contributed by atoms with Crippen molar-refractivity contribution in [2.24, 2.45) is 0 Å². The number of pyridine rings is 1. The molecule has 5 nitrogen and oxygen atoms in total. The lowest BCUT2D eigenvalue weighted by molar-refractivity contribution is -0.139. The summed E-state index contributed by atoms with van der Waals surface area (Å²) in [6.45, 7) is 3.17. The Bertz CT molecular complexity index is 409. The summed E-state index contributed by atoms with van der Waals surface area (Å²) in [5, 5.41) is 8.95. The maximum absolute atomic E-state index is 12.8. The largest absolute Gasteiger partial charge is 0.480 e. The number of halogens is 1. The lowest BCUT2D eigenvalue weighted by atomic mass is 10.1. The minimum Gasteiger partial charge on any atom is -0.480 e. The fourth-order valence-electron chi connectivity index (χ4n) is 1.73. The number of carboxylic acids is 1. The Morgan fingerprint density at radius 3 is 2.58 bits per heavy atom. The highest BCUT2D eigenvalue weighted by molar-refractivity contribution is 5.69. The van der Waals surface area contributed by atoms with Gasteiger partial charge in [-0.15, -0.1) is 0 Å². The molecule has 19 heavy (non-hydrogen) atoms. The van der Waals surface area contributed by atoms with Crippen molar-refractivity contribution in [3.63, 3.8) is 0 Å². The van der Waals surface area contributed by atoms with Crippen molar-refractivity contribution >= 4 is 5.97 Å². The van der Waals surface area contributed by atoms with Crippen LogP contribution in [-0.4, -0.2) is 59.6 Å². The van der Waals surface area contributed by atoms with Gasteiger partial charge in [0.15, 0.2) is 0 Å². The summed E-state index contributed by atoms with van der Waals surface area (Å²) in [6, 6.07) is 2.76. The van der Waals surface area contributed by atoms with Crippen molar-refractivity contribution in [3.8, 4) is 0 Å². The quantitative estimate of drug-likeness (QED) is 0.807. The standard InChI is InChI=1S/C13H20FN3O2/c1-10(12-5-4-11(14)8-15-12)17(9-13(18)19)7-6-16(2)3/h4-5,8,10H,6-7,9H2,1-3H3,(H,18,19). The van der Waals surface area contributed by atoms with E-state index in [2.05, 4.69) is 4.98 Å². The van der Waals surface area contributed by atoms with Gasteiger partial charge >= 0.3 is 5.97 Å². The number of rotatable bonds is 7. The molecule has 0 spiro atoms. The number of hydrogen-bond acceptors (Lipinski definition) is 4. The molecule has 0 fully saturated rings. The topological polar surface area (TPSA) is 56.7 Å². The number of nitrogens with zero attached hydrogens (tertiary/aromatic N) is 3. The Hall–Kier alpha value is -1.53. The zero-order valence-electron chi connectivity index (χ0n) is 11.5. The Morgan fingerprint density at radius 2 is 2.11 bits per heavy atom. The zero-order valence-corrected chi connectivity index (χ0v) is 11.5. The number of carboxylic acid groups (broad SMARTS) is 1. The van der Waals surface area contributed by atoms with Crippen molar-refractivity contribution in [3.05, 3.63) is 29.8 Å². The summed E-state index contributed by atoms with van der Waals surface area (Å²) < 4.78 is 12.8. The van der Waals surface area contributed by atoms with E-state index in [-0.39, 0.29) is 12.6 Å². The van der Waals surface area contributed by atoms with Crippen LogP contribution in [0.1, 0.15) is 18.7 Å². The van der Waals surface area contributed by atoms with Crippen molar-refractivity contribution in [2.45, 2.75) is 13.0 Å². The molecular formula is C13H20FN3O2. The molecule has 1 aromatic rings. The van der Waals surface area contributed by atoms with Crippen LogP contribution in [0.25, 0.3) is 0 Å². The van der Waals surface area contributed by atoms with Gasteiger partial charge in [0.2, 0.25) is 0 Å². The third-order valence-corrected chi connectivity index (χ3v) is 2.90. The number of aliphatic carboxylic acids is 1. The van der Waals surface area contributed by atoms with E-state index >= 15 is 0 Å². The Balaban J connectivity index is 2.77. The normalized spacial score (nSPS) is 12.9. The van der Waals surface area contributed by atoms with E-state index < -0.39 is 11.8 Å². The molecule has 1 rings (SSSR count). The zero-order chi connectivity index (χ0) is 14.4. The lowest BCUT2D eigenvalue weighted by Crippen LogP contribution is -2.37. The van der Waals surface area contributed by atoms with Crippen molar-refractivity contribution in [1.82, 2.24) is 14.8 Å². The SMILES string of the molecule is CC(c1ccc(F)cn1)N(CCN(C)C)CC(=O)O. The van der Waals surface area contributed by atoms with E-state index in [0.29, 0.717) is 12.2 Å². The molecule has 0 bridgehead atoms. The highest BCUT2D eigenvalue weighted by Gasteiger charge is 2.19. The van der Waals surface area contributed by atoms with Crippen LogP contribution in [0.5, 0.6) is 0 Å². The molecule has 0 aliphatic rings. The molecule has 1 N–H and O–H groups in total. The average molecular weight is 269 g/mol. The van der Waals surface area contributed by atoms with Crippen LogP contribution in [0.15, 0.2) is 18.3 Å². The Kier molecular flexibility index (Phi) is 5.85. The minimum absolute atomic E-state index is 0.0614. The predicted octanol–water partition coefficient (Wildman–Crippen LogP) is 1.23. The predicted molar refractivity (Wildman–Crippen MR) is 70.4 cm³/mol. The first-order valence-corrected chi connectivity index (χ1v) is 6.12. The number of hydrogen-bond donors (Lipinski definition) is 1. The third-order valence-electron chi connectivity index (χ3n) is 2.90. The second-order valence-corrected chi connectivity index (χ2v) is 4.74. The van der Waals surface area contributed by atoms with E-state index in [4.69, 9.17) is 5.11 Å². The molecule has 1 aromatic heterocycles. The minimum atomic E-state index is -0.882. The van der Waals surface area contributed by atoms with Gasteiger partial charge in [-0.3, -0.25) is 14.7 Å². The van der Waals surface area contributed by atoms with Crippen LogP contribution < -0.4 is 0 Å². The molecule has 0 saturated heterocycles. The second-order valence-electron chi connectivity index (χ2n) is 4.74. The Labute approximate surface area is 112 Å². The van der Waals surface area contributed by atoms with Crippen LogP contribution in [0.4, 0.5) is 4.39 Å². The van der Waals surface area contributed by atoms with Gasteiger partial charge in [0.25, 0.3) is 0 Å². The molecule has 0 aliphatic heterocycles. The molecule has 106 valence electrons. The molecule has 6 heteroatoms. The summed E-state index contributed by atoms with van der Waals surface area (Å²) in [4.78, 5) is 18.7. The van der Waals surface area contributed by atoms with Crippen LogP contribution in [0.2, 0.25) is 0 Å². The van der Waals surface area contributed by atoms with Gasteiger partial charge in [-0.2, -0.15) is 0 Å².